The van der Waals surface area contributed by atoms with Crippen LogP contribution in [0.25, 0.3) is 11.3 Å². The summed E-state index contributed by atoms with van der Waals surface area (Å²) < 4.78 is 26.7. The Hall–Kier alpha value is -1.82. The van der Waals surface area contributed by atoms with Crippen molar-refractivity contribution in [1.82, 2.24) is 4.98 Å². The standard InChI is InChI=1S/C16H17F2N3S/c1-10-3-2-4-12(7-10)20-21-16-19-15(9-22-16)13-6-5-11(17)8-14(13)18/h5-6,8-10H,2-4,7H2,1H3,(H,19,21)/b20-12+/t10-/m1/s1. The molecule has 0 aliphatic heterocycles. The average Bonchev–Trinajstić information content (AvgIpc) is 2.94. The highest BCUT2D eigenvalue weighted by molar-refractivity contribution is 7.14. The van der Waals surface area contributed by atoms with Crippen LogP contribution in [-0.2, 0) is 0 Å². The lowest BCUT2D eigenvalue weighted by atomic mass is 9.89. The molecular formula is C16H17F2N3S. The second-order valence-corrected chi connectivity index (χ2v) is 6.51. The van der Waals surface area contributed by atoms with Crippen LogP contribution in [0.3, 0.4) is 0 Å². The van der Waals surface area contributed by atoms with E-state index in [1.165, 1.54) is 36.3 Å². The van der Waals surface area contributed by atoms with E-state index in [-0.39, 0.29) is 0 Å². The third-order valence-corrected chi connectivity index (χ3v) is 4.51. The molecule has 1 fully saturated rings. The van der Waals surface area contributed by atoms with Crippen molar-refractivity contribution in [3.8, 4) is 11.3 Å². The number of hydrazone groups is 1. The van der Waals surface area contributed by atoms with Gasteiger partial charge in [-0.15, -0.1) is 11.3 Å². The third-order valence-electron chi connectivity index (χ3n) is 3.77. The Morgan fingerprint density at radius 3 is 3.00 bits per heavy atom. The highest BCUT2D eigenvalue weighted by atomic mass is 32.1. The Morgan fingerprint density at radius 1 is 1.36 bits per heavy atom. The zero-order valence-corrected chi connectivity index (χ0v) is 13.1. The number of hydrogen-bond acceptors (Lipinski definition) is 4. The zero-order valence-electron chi connectivity index (χ0n) is 12.3. The molecule has 0 spiro atoms. The van der Waals surface area contributed by atoms with Crippen LogP contribution < -0.4 is 5.43 Å². The van der Waals surface area contributed by atoms with E-state index in [4.69, 9.17) is 0 Å². The van der Waals surface area contributed by atoms with Crippen molar-refractivity contribution in [2.45, 2.75) is 32.6 Å². The Labute approximate surface area is 132 Å². The smallest absolute Gasteiger partial charge is 0.203 e. The van der Waals surface area contributed by atoms with Gasteiger partial charge in [0, 0.05) is 22.7 Å². The Kier molecular flexibility index (Phi) is 4.47. The second-order valence-electron chi connectivity index (χ2n) is 5.65. The van der Waals surface area contributed by atoms with Crippen LogP contribution in [0.5, 0.6) is 0 Å². The first-order valence-electron chi connectivity index (χ1n) is 7.34. The molecule has 3 nitrogen and oxygen atoms in total. The van der Waals surface area contributed by atoms with Crippen LogP contribution in [-0.4, -0.2) is 10.7 Å². The molecule has 0 radical (unpaired) electrons. The molecule has 2 aromatic rings. The summed E-state index contributed by atoms with van der Waals surface area (Å²) in [7, 11) is 0. The first-order valence-corrected chi connectivity index (χ1v) is 8.22. The number of nitrogens with one attached hydrogen (secondary N) is 1. The molecule has 1 aliphatic rings. The molecule has 0 unspecified atom stereocenters. The Morgan fingerprint density at radius 2 is 2.23 bits per heavy atom. The van der Waals surface area contributed by atoms with Gasteiger partial charge in [-0.05, 0) is 43.7 Å². The van der Waals surface area contributed by atoms with E-state index in [0.29, 0.717) is 22.3 Å². The molecule has 1 aromatic heterocycles. The topological polar surface area (TPSA) is 37.3 Å². The van der Waals surface area contributed by atoms with Gasteiger partial charge < -0.3 is 0 Å². The number of anilines is 1. The summed E-state index contributed by atoms with van der Waals surface area (Å²) in [6.07, 6.45) is 4.45. The van der Waals surface area contributed by atoms with Crippen molar-refractivity contribution in [3.63, 3.8) is 0 Å². The van der Waals surface area contributed by atoms with Crippen molar-refractivity contribution < 1.29 is 8.78 Å². The van der Waals surface area contributed by atoms with Crippen LogP contribution in [0.15, 0.2) is 28.7 Å². The van der Waals surface area contributed by atoms with E-state index < -0.39 is 11.6 Å². The lowest BCUT2D eigenvalue weighted by Gasteiger charge is -2.18. The quantitative estimate of drug-likeness (QED) is 0.802. The van der Waals surface area contributed by atoms with E-state index in [9.17, 15) is 8.78 Å². The molecule has 6 heteroatoms. The van der Waals surface area contributed by atoms with Gasteiger partial charge in [-0.1, -0.05) is 6.92 Å². The lowest BCUT2D eigenvalue weighted by Crippen LogP contribution is -2.13. The van der Waals surface area contributed by atoms with Gasteiger partial charge in [-0.2, -0.15) is 5.10 Å². The Balaban J connectivity index is 1.72. The highest BCUT2D eigenvalue weighted by Crippen LogP contribution is 2.28. The number of halogens is 2. The number of benzene rings is 1. The molecule has 0 saturated heterocycles. The lowest BCUT2D eigenvalue weighted by molar-refractivity contribution is 0.500. The van der Waals surface area contributed by atoms with Gasteiger partial charge in [0.1, 0.15) is 11.6 Å². The van der Waals surface area contributed by atoms with E-state index >= 15 is 0 Å². The molecule has 1 aromatic carbocycles. The zero-order chi connectivity index (χ0) is 15.5. The van der Waals surface area contributed by atoms with Gasteiger partial charge in [0.25, 0.3) is 0 Å². The maximum Gasteiger partial charge on any atom is 0.203 e. The predicted molar refractivity (Wildman–Crippen MR) is 86.2 cm³/mol. The first kappa shape index (κ1) is 15.1. The van der Waals surface area contributed by atoms with Gasteiger partial charge in [0.15, 0.2) is 0 Å². The molecule has 1 aliphatic carbocycles. The minimum Gasteiger partial charge on any atom is -0.253 e. The highest BCUT2D eigenvalue weighted by Gasteiger charge is 2.14. The monoisotopic (exact) mass is 321 g/mol. The number of hydrogen-bond donors (Lipinski definition) is 1. The average molecular weight is 321 g/mol. The normalized spacial score (nSPS) is 20.3. The van der Waals surface area contributed by atoms with Crippen molar-refractivity contribution >= 4 is 22.2 Å². The third kappa shape index (κ3) is 3.50. The first-order chi connectivity index (χ1) is 10.6. The van der Waals surface area contributed by atoms with Crippen LogP contribution in [0.1, 0.15) is 32.6 Å². The number of rotatable bonds is 3. The molecule has 22 heavy (non-hydrogen) atoms. The molecule has 1 saturated carbocycles. The molecule has 1 heterocycles. The van der Waals surface area contributed by atoms with Gasteiger partial charge >= 0.3 is 0 Å². The van der Waals surface area contributed by atoms with E-state index in [1.807, 2.05) is 0 Å². The summed E-state index contributed by atoms with van der Waals surface area (Å²) in [6, 6.07) is 3.50. The SMILES string of the molecule is C[C@@H]1CCC/C(=N\Nc2nc(-c3ccc(F)cc3F)cs2)C1. The summed E-state index contributed by atoms with van der Waals surface area (Å²) >= 11 is 1.36. The van der Waals surface area contributed by atoms with Gasteiger partial charge in [-0.3, -0.25) is 5.43 Å². The number of nitrogens with zero attached hydrogens (tertiary/aromatic N) is 2. The molecule has 116 valence electrons. The van der Waals surface area contributed by atoms with Gasteiger partial charge in [-0.25, -0.2) is 13.8 Å². The summed E-state index contributed by atoms with van der Waals surface area (Å²) in [5.41, 5.74) is 4.89. The molecule has 1 atom stereocenters. The van der Waals surface area contributed by atoms with E-state index in [1.54, 1.807) is 5.38 Å². The molecular weight excluding hydrogens is 304 g/mol. The summed E-state index contributed by atoms with van der Waals surface area (Å²) in [6.45, 7) is 2.23. The number of thiazole rings is 1. The number of aromatic nitrogens is 1. The second kappa shape index (κ2) is 6.52. The summed E-state index contributed by atoms with van der Waals surface area (Å²) in [5, 5.41) is 6.76. The van der Waals surface area contributed by atoms with Gasteiger partial charge in [0.05, 0.1) is 5.69 Å². The molecule has 1 N–H and O–H groups in total. The van der Waals surface area contributed by atoms with Crippen molar-refractivity contribution in [1.29, 1.82) is 0 Å². The van der Waals surface area contributed by atoms with Gasteiger partial charge in [0.2, 0.25) is 5.13 Å². The Bertz CT molecular complexity index is 696. The predicted octanol–water partition coefficient (Wildman–Crippen LogP) is 5.07. The molecule has 3 rings (SSSR count). The summed E-state index contributed by atoms with van der Waals surface area (Å²) in [5.74, 6) is -0.522. The molecule has 0 bridgehead atoms. The van der Waals surface area contributed by atoms with Crippen molar-refractivity contribution in [3.05, 3.63) is 35.2 Å². The van der Waals surface area contributed by atoms with E-state index in [2.05, 4.69) is 22.4 Å². The van der Waals surface area contributed by atoms with Crippen molar-refractivity contribution in [2.24, 2.45) is 11.0 Å². The molecule has 0 amide bonds. The summed E-state index contributed by atoms with van der Waals surface area (Å²) in [4.78, 5) is 4.31. The van der Waals surface area contributed by atoms with E-state index in [0.717, 1.165) is 24.6 Å². The fraction of sp³-hybridized carbons (Fsp3) is 0.375. The minimum absolute atomic E-state index is 0.296. The largest absolute Gasteiger partial charge is 0.253 e. The minimum atomic E-state index is -0.607. The fourth-order valence-corrected chi connectivity index (χ4v) is 3.29. The van der Waals surface area contributed by atoms with Crippen LogP contribution in [0, 0.1) is 17.6 Å². The fourth-order valence-electron chi connectivity index (χ4n) is 2.64. The van der Waals surface area contributed by atoms with Crippen LogP contribution in [0.2, 0.25) is 0 Å². The maximum atomic E-state index is 13.7. The maximum absolute atomic E-state index is 13.7. The van der Waals surface area contributed by atoms with Crippen LogP contribution >= 0.6 is 11.3 Å². The van der Waals surface area contributed by atoms with Crippen LogP contribution in [0.4, 0.5) is 13.9 Å². The van der Waals surface area contributed by atoms with Crippen molar-refractivity contribution in [2.75, 3.05) is 5.43 Å².